The van der Waals surface area contributed by atoms with Crippen molar-refractivity contribution in [2.45, 2.75) is 19.9 Å². The zero-order chi connectivity index (χ0) is 12.1. The molecule has 0 heterocycles. The van der Waals surface area contributed by atoms with E-state index < -0.39 is 0 Å². The average molecular weight is 288 g/mol. The number of nitrogens with one attached hydrogen (secondary N) is 1. The van der Waals surface area contributed by atoms with Gasteiger partial charge in [0.1, 0.15) is 5.75 Å². The van der Waals surface area contributed by atoms with E-state index in [0.29, 0.717) is 0 Å². The number of phenolic OH excluding ortho intramolecular Hbond substituents is 1. The van der Waals surface area contributed by atoms with Gasteiger partial charge in [-0.25, -0.2) is 0 Å². The van der Waals surface area contributed by atoms with Gasteiger partial charge in [0.15, 0.2) is 0 Å². The molecule has 1 aromatic rings. The maximum atomic E-state index is 9.76. The second kappa shape index (κ2) is 6.23. The van der Waals surface area contributed by atoms with Crippen LogP contribution in [0.3, 0.4) is 0 Å². The van der Waals surface area contributed by atoms with Gasteiger partial charge in [0.05, 0.1) is 0 Å². The maximum absolute atomic E-state index is 9.76. The lowest BCUT2D eigenvalue weighted by atomic mass is 10.1. The van der Waals surface area contributed by atoms with E-state index in [4.69, 9.17) is 5.11 Å². The van der Waals surface area contributed by atoms with Crippen LogP contribution < -0.4 is 5.32 Å². The van der Waals surface area contributed by atoms with E-state index in [0.717, 1.165) is 16.6 Å². The Morgan fingerprint density at radius 3 is 2.62 bits per heavy atom. The Kier molecular flexibility index (Phi) is 5.25. The first-order valence-electron chi connectivity index (χ1n) is 5.37. The monoisotopic (exact) mass is 287 g/mol. The molecule has 0 aromatic heterocycles. The average Bonchev–Trinajstić information content (AvgIpc) is 2.25. The summed E-state index contributed by atoms with van der Waals surface area (Å²) in [4.78, 5) is 0. The van der Waals surface area contributed by atoms with Crippen LogP contribution in [0.1, 0.15) is 25.5 Å². The normalized spacial score (nSPS) is 14.8. The Bertz CT molecular complexity index is 344. The lowest BCUT2D eigenvalue weighted by Crippen LogP contribution is -2.26. The molecule has 1 rings (SSSR count). The van der Waals surface area contributed by atoms with E-state index in [2.05, 4.69) is 21.2 Å². The molecule has 3 nitrogen and oxygen atoms in total. The molecule has 0 saturated heterocycles. The fourth-order valence-corrected chi connectivity index (χ4v) is 1.78. The van der Waals surface area contributed by atoms with Crippen LogP contribution in [0.4, 0.5) is 0 Å². The Hall–Kier alpha value is -0.580. The molecular weight excluding hydrogens is 270 g/mol. The molecule has 0 saturated carbocycles. The van der Waals surface area contributed by atoms with E-state index in [9.17, 15) is 5.11 Å². The SMILES string of the molecule is CC(CO)CNC(C)c1ccc(Br)cc1O. The van der Waals surface area contributed by atoms with Gasteiger partial charge in [-0.2, -0.15) is 0 Å². The number of benzene rings is 1. The Balaban J connectivity index is 2.62. The van der Waals surface area contributed by atoms with Crippen molar-refractivity contribution in [1.29, 1.82) is 0 Å². The quantitative estimate of drug-likeness (QED) is 0.780. The molecule has 0 bridgehead atoms. The summed E-state index contributed by atoms with van der Waals surface area (Å²) in [6.45, 7) is 4.87. The molecule has 0 aliphatic heterocycles. The maximum Gasteiger partial charge on any atom is 0.121 e. The molecule has 3 N–H and O–H groups in total. The van der Waals surface area contributed by atoms with Gasteiger partial charge in [-0.05, 0) is 25.0 Å². The molecule has 0 amide bonds. The fraction of sp³-hybridized carbons (Fsp3) is 0.500. The topological polar surface area (TPSA) is 52.5 Å². The lowest BCUT2D eigenvalue weighted by Gasteiger charge is -2.18. The zero-order valence-corrected chi connectivity index (χ0v) is 11.2. The lowest BCUT2D eigenvalue weighted by molar-refractivity contribution is 0.230. The predicted octanol–water partition coefficient (Wildman–Crippen LogP) is 2.43. The largest absolute Gasteiger partial charge is 0.508 e. The molecular formula is C12H18BrNO2. The van der Waals surface area contributed by atoms with E-state index in [-0.39, 0.29) is 24.3 Å². The highest BCUT2D eigenvalue weighted by molar-refractivity contribution is 9.10. The van der Waals surface area contributed by atoms with Crippen molar-refractivity contribution >= 4 is 15.9 Å². The van der Waals surface area contributed by atoms with Crippen molar-refractivity contribution in [2.75, 3.05) is 13.2 Å². The minimum atomic E-state index is 0.0714. The summed E-state index contributed by atoms with van der Waals surface area (Å²) in [6, 6.07) is 5.55. The minimum absolute atomic E-state index is 0.0714. The van der Waals surface area contributed by atoms with Crippen LogP contribution in [-0.2, 0) is 0 Å². The summed E-state index contributed by atoms with van der Waals surface area (Å²) < 4.78 is 0.865. The van der Waals surface area contributed by atoms with Crippen molar-refractivity contribution in [2.24, 2.45) is 5.92 Å². The highest BCUT2D eigenvalue weighted by Crippen LogP contribution is 2.27. The van der Waals surface area contributed by atoms with Gasteiger partial charge in [-0.3, -0.25) is 0 Å². The molecule has 0 fully saturated rings. The first-order chi connectivity index (χ1) is 7.54. The van der Waals surface area contributed by atoms with Crippen LogP contribution in [0.15, 0.2) is 22.7 Å². The summed E-state index contributed by atoms with van der Waals surface area (Å²) in [5.74, 6) is 0.506. The first kappa shape index (κ1) is 13.5. The van der Waals surface area contributed by atoms with Crippen molar-refractivity contribution < 1.29 is 10.2 Å². The number of phenols is 1. The van der Waals surface area contributed by atoms with E-state index in [1.54, 1.807) is 6.07 Å². The van der Waals surface area contributed by atoms with Gasteiger partial charge in [0.25, 0.3) is 0 Å². The second-order valence-electron chi connectivity index (χ2n) is 4.12. The highest BCUT2D eigenvalue weighted by Gasteiger charge is 2.11. The van der Waals surface area contributed by atoms with Crippen LogP contribution in [0.2, 0.25) is 0 Å². The van der Waals surface area contributed by atoms with Crippen molar-refractivity contribution in [1.82, 2.24) is 5.32 Å². The molecule has 2 atom stereocenters. The van der Waals surface area contributed by atoms with Crippen LogP contribution >= 0.6 is 15.9 Å². The van der Waals surface area contributed by atoms with Crippen LogP contribution in [0.5, 0.6) is 5.75 Å². The van der Waals surface area contributed by atoms with Gasteiger partial charge in [0, 0.05) is 29.2 Å². The fourth-order valence-electron chi connectivity index (χ4n) is 1.44. The van der Waals surface area contributed by atoms with Gasteiger partial charge in [0.2, 0.25) is 0 Å². The molecule has 0 radical (unpaired) electrons. The third kappa shape index (κ3) is 3.77. The summed E-state index contributed by atoms with van der Waals surface area (Å²) >= 11 is 3.31. The predicted molar refractivity (Wildman–Crippen MR) is 68.5 cm³/mol. The van der Waals surface area contributed by atoms with Crippen molar-refractivity contribution in [3.05, 3.63) is 28.2 Å². The standard InChI is InChI=1S/C12H18BrNO2/c1-8(7-15)6-14-9(2)11-4-3-10(13)5-12(11)16/h3-5,8-9,14-16H,6-7H2,1-2H3. The summed E-state index contributed by atoms with van der Waals surface area (Å²) in [7, 11) is 0. The summed E-state index contributed by atoms with van der Waals surface area (Å²) in [5, 5.41) is 22.0. The summed E-state index contributed by atoms with van der Waals surface area (Å²) in [5.41, 5.74) is 0.869. The number of aliphatic hydroxyl groups is 1. The molecule has 2 unspecified atom stereocenters. The second-order valence-corrected chi connectivity index (χ2v) is 5.04. The highest BCUT2D eigenvalue weighted by atomic mass is 79.9. The molecule has 0 aliphatic carbocycles. The molecule has 0 aliphatic rings. The molecule has 90 valence electrons. The molecule has 16 heavy (non-hydrogen) atoms. The van der Waals surface area contributed by atoms with E-state index in [1.807, 2.05) is 26.0 Å². The Morgan fingerprint density at radius 1 is 1.38 bits per heavy atom. The van der Waals surface area contributed by atoms with Gasteiger partial charge in [-0.15, -0.1) is 0 Å². The van der Waals surface area contributed by atoms with Gasteiger partial charge in [-0.1, -0.05) is 28.9 Å². The van der Waals surface area contributed by atoms with Crippen LogP contribution in [0.25, 0.3) is 0 Å². The molecule has 0 spiro atoms. The van der Waals surface area contributed by atoms with Gasteiger partial charge < -0.3 is 15.5 Å². The molecule has 4 heteroatoms. The van der Waals surface area contributed by atoms with Crippen molar-refractivity contribution in [3.63, 3.8) is 0 Å². The number of hydrogen-bond acceptors (Lipinski definition) is 3. The number of hydrogen-bond donors (Lipinski definition) is 3. The zero-order valence-electron chi connectivity index (χ0n) is 9.57. The molecule has 1 aromatic carbocycles. The van der Waals surface area contributed by atoms with E-state index in [1.165, 1.54) is 0 Å². The van der Waals surface area contributed by atoms with Gasteiger partial charge >= 0.3 is 0 Å². The number of aliphatic hydroxyl groups excluding tert-OH is 1. The van der Waals surface area contributed by atoms with Crippen molar-refractivity contribution in [3.8, 4) is 5.75 Å². The smallest absolute Gasteiger partial charge is 0.121 e. The number of rotatable bonds is 5. The minimum Gasteiger partial charge on any atom is -0.508 e. The Labute approximate surface area is 105 Å². The first-order valence-corrected chi connectivity index (χ1v) is 6.16. The number of aromatic hydroxyl groups is 1. The summed E-state index contributed by atoms with van der Waals surface area (Å²) in [6.07, 6.45) is 0. The number of halogens is 1. The Morgan fingerprint density at radius 2 is 2.06 bits per heavy atom. The van der Waals surface area contributed by atoms with Crippen LogP contribution in [-0.4, -0.2) is 23.4 Å². The van der Waals surface area contributed by atoms with Crippen LogP contribution in [0, 0.1) is 5.92 Å². The third-order valence-electron chi connectivity index (χ3n) is 2.54. The third-order valence-corrected chi connectivity index (χ3v) is 3.04. The van der Waals surface area contributed by atoms with E-state index >= 15 is 0 Å².